The molecule has 21 heavy (non-hydrogen) atoms. The maximum atomic E-state index is 12.5. The number of nitrogens with zero attached hydrogens (tertiary/aromatic N) is 2. The van der Waals surface area contributed by atoms with Gasteiger partial charge in [-0.15, -0.1) is 0 Å². The quantitative estimate of drug-likeness (QED) is 0.511. The lowest BCUT2D eigenvalue weighted by Crippen LogP contribution is -2.41. The number of imide groups is 1. The number of carbonyl (C=O) groups is 2. The standard InChI is InChI=1S/C14H17N3O4/c1-3-4-9-16-12(18)14(2,15-13(16)19)10-5-7-11(8-6-10)17(20)21/h5-8H,3-4,9H2,1-2H3,(H,15,19). The molecule has 1 unspecified atom stereocenters. The van der Waals surface area contributed by atoms with E-state index in [1.807, 2.05) is 6.92 Å². The molecule has 1 aromatic rings. The molecule has 0 bridgehead atoms. The summed E-state index contributed by atoms with van der Waals surface area (Å²) in [5.41, 5.74) is -0.688. The van der Waals surface area contributed by atoms with Crippen LogP contribution in [-0.2, 0) is 10.3 Å². The Morgan fingerprint density at radius 1 is 1.29 bits per heavy atom. The second kappa shape index (κ2) is 5.51. The number of unbranched alkanes of at least 4 members (excludes halogenated alkanes) is 1. The van der Waals surface area contributed by atoms with E-state index in [-0.39, 0.29) is 11.6 Å². The minimum Gasteiger partial charge on any atom is -0.319 e. The van der Waals surface area contributed by atoms with Crippen LogP contribution in [0.2, 0.25) is 0 Å². The Morgan fingerprint density at radius 3 is 2.43 bits per heavy atom. The molecule has 112 valence electrons. The minimum absolute atomic E-state index is 0.0537. The van der Waals surface area contributed by atoms with Crippen molar-refractivity contribution < 1.29 is 14.5 Å². The molecule has 1 fully saturated rings. The fourth-order valence-electron chi connectivity index (χ4n) is 2.33. The van der Waals surface area contributed by atoms with Crippen LogP contribution < -0.4 is 5.32 Å². The summed E-state index contributed by atoms with van der Waals surface area (Å²) in [5.74, 6) is -0.324. The van der Waals surface area contributed by atoms with Gasteiger partial charge in [-0.05, 0) is 31.0 Å². The van der Waals surface area contributed by atoms with Gasteiger partial charge in [0.2, 0.25) is 0 Å². The summed E-state index contributed by atoms with van der Waals surface area (Å²) in [7, 11) is 0. The third-order valence-electron chi connectivity index (χ3n) is 3.67. The molecule has 0 radical (unpaired) electrons. The lowest BCUT2D eigenvalue weighted by atomic mass is 9.92. The van der Waals surface area contributed by atoms with Crippen molar-refractivity contribution in [3.63, 3.8) is 0 Å². The van der Waals surface area contributed by atoms with Crippen molar-refractivity contribution in [2.45, 2.75) is 32.2 Å². The lowest BCUT2D eigenvalue weighted by molar-refractivity contribution is -0.384. The van der Waals surface area contributed by atoms with Crippen molar-refractivity contribution in [2.24, 2.45) is 0 Å². The van der Waals surface area contributed by atoms with Gasteiger partial charge in [0.25, 0.3) is 11.6 Å². The average molecular weight is 291 g/mol. The molecule has 3 amide bonds. The first-order valence-electron chi connectivity index (χ1n) is 6.79. The topological polar surface area (TPSA) is 92.6 Å². The van der Waals surface area contributed by atoms with E-state index in [4.69, 9.17) is 0 Å². The summed E-state index contributed by atoms with van der Waals surface area (Å²) in [6, 6.07) is 5.23. The van der Waals surface area contributed by atoms with E-state index in [1.165, 1.54) is 29.2 Å². The van der Waals surface area contributed by atoms with E-state index in [0.29, 0.717) is 12.1 Å². The maximum absolute atomic E-state index is 12.5. The fourth-order valence-corrected chi connectivity index (χ4v) is 2.33. The van der Waals surface area contributed by atoms with Crippen molar-refractivity contribution in [2.75, 3.05) is 6.54 Å². The third kappa shape index (κ3) is 2.58. The Kier molecular flexibility index (Phi) is 3.93. The molecule has 1 N–H and O–H groups in total. The van der Waals surface area contributed by atoms with E-state index in [0.717, 1.165) is 12.8 Å². The van der Waals surface area contributed by atoms with Gasteiger partial charge in [-0.1, -0.05) is 13.3 Å². The number of nitro benzene ring substituents is 1. The minimum atomic E-state index is -1.17. The molecule has 1 heterocycles. The molecule has 0 aromatic heterocycles. The second-order valence-electron chi connectivity index (χ2n) is 5.17. The summed E-state index contributed by atoms with van der Waals surface area (Å²) in [5, 5.41) is 13.3. The second-order valence-corrected chi connectivity index (χ2v) is 5.17. The van der Waals surface area contributed by atoms with Gasteiger partial charge in [0.05, 0.1) is 4.92 Å². The molecule has 1 aromatic carbocycles. The van der Waals surface area contributed by atoms with Crippen LogP contribution in [0.1, 0.15) is 32.3 Å². The number of carbonyl (C=O) groups excluding carboxylic acids is 2. The van der Waals surface area contributed by atoms with Crippen LogP contribution >= 0.6 is 0 Å². The molecule has 0 spiro atoms. The molecule has 1 atom stereocenters. The SMILES string of the molecule is CCCCN1C(=O)NC(C)(c2ccc([N+](=O)[O-])cc2)C1=O. The Hall–Kier alpha value is -2.44. The van der Waals surface area contributed by atoms with Crippen molar-refractivity contribution in [3.8, 4) is 0 Å². The number of nitro groups is 1. The smallest absolute Gasteiger partial charge is 0.319 e. The summed E-state index contributed by atoms with van der Waals surface area (Å²) in [6.45, 7) is 3.97. The zero-order chi connectivity index (χ0) is 15.6. The van der Waals surface area contributed by atoms with Gasteiger partial charge in [0.1, 0.15) is 5.54 Å². The maximum Gasteiger partial charge on any atom is 0.325 e. The summed E-state index contributed by atoms with van der Waals surface area (Å²) in [6.07, 6.45) is 1.63. The average Bonchev–Trinajstić information content (AvgIpc) is 2.68. The molecule has 0 saturated carbocycles. The van der Waals surface area contributed by atoms with E-state index in [9.17, 15) is 19.7 Å². The van der Waals surface area contributed by atoms with Crippen LogP contribution in [0.3, 0.4) is 0 Å². The number of hydrogen-bond donors (Lipinski definition) is 1. The number of nitrogens with one attached hydrogen (secondary N) is 1. The predicted molar refractivity (Wildman–Crippen MR) is 75.6 cm³/mol. The van der Waals surface area contributed by atoms with E-state index in [2.05, 4.69) is 5.32 Å². The largest absolute Gasteiger partial charge is 0.325 e. The highest BCUT2D eigenvalue weighted by Gasteiger charge is 2.48. The molecule has 7 nitrogen and oxygen atoms in total. The molecule has 2 rings (SSSR count). The van der Waals surface area contributed by atoms with Gasteiger partial charge in [0, 0.05) is 18.7 Å². The Morgan fingerprint density at radius 2 is 1.90 bits per heavy atom. The van der Waals surface area contributed by atoms with Gasteiger partial charge in [0.15, 0.2) is 0 Å². The number of hydrogen-bond acceptors (Lipinski definition) is 4. The molecule has 1 saturated heterocycles. The summed E-state index contributed by atoms with van der Waals surface area (Å²) in [4.78, 5) is 35.8. The molecule has 1 aliphatic rings. The van der Waals surface area contributed by atoms with Crippen LogP contribution in [0.15, 0.2) is 24.3 Å². The van der Waals surface area contributed by atoms with Crippen LogP contribution in [0, 0.1) is 10.1 Å². The van der Waals surface area contributed by atoms with Gasteiger partial charge < -0.3 is 5.32 Å². The summed E-state index contributed by atoms with van der Waals surface area (Å²) < 4.78 is 0. The number of rotatable bonds is 5. The zero-order valence-electron chi connectivity index (χ0n) is 12.0. The molecular formula is C14H17N3O4. The van der Waals surface area contributed by atoms with E-state index >= 15 is 0 Å². The van der Waals surface area contributed by atoms with Gasteiger partial charge in [-0.25, -0.2) is 4.79 Å². The van der Waals surface area contributed by atoms with Crippen LogP contribution in [-0.4, -0.2) is 28.3 Å². The number of benzene rings is 1. The van der Waals surface area contributed by atoms with Crippen molar-refractivity contribution in [1.82, 2.24) is 10.2 Å². The molecule has 1 aliphatic heterocycles. The Labute approximate surface area is 122 Å². The van der Waals surface area contributed by atoms with Gasteiger partial charge in [-0.2, -0.15) is 0 Å². The van der Waals surface area contributed by atoms with Crippen LogP contribution in [0.4, 0.5) is 10.5 Å². The predicted octanol–water partition coefficient (Wildman–Crippen LogP) is 2.16. The van der Waals surface area contributed by atoms with Crippen molar-refractivity contribution in [3.05, 3.63) is 39.9 Å². The number of non-ortho nitro benzene ring substituents is 1. The van der Waals surface area contributed by atoms with Crippen LogP contribution in [0.5, 0.6) is 0 Å². The van der Waals surface area contributed by atoms with Gasteiger partial charge in [-0.3, -0.25) is 19.8 Å². The number of urea groups is 1. The lowest BCUT2D eigenvalue weighted by Gasteiger charge is -2.22. The van der Waals surface area contributed by atoms with Crippen molar-refractivity contribution in [1.29, 1.82) is 0 Å². The van der Waals surface area contributed by atoms with E-state index in [1.54, 1.807) is 6.92 Å². The Balaban J connectivity index is 2.28. The van der Waals surface area contributed by atoms with Crippen LogP contribution in [0.25, 0.3) is 0 Å². The zero-order valence-corrected chi connectivity index (χ0v) is 12.0. The molecule has 7 heteroatoms. The normalized spacial score (nSPS) is 21.5. The highest BCUT2D eigenvalue weighted by molar-refractivity contribution is 6.07. The Bertz CT molecular complexity index is 584. The molecule has 0 aliphatic carbocycles. The fraction of sp³-hybridized carbons (Fsp3) is 0.429. The third-order valence-corrected chi connectivity index (χ3v) is 3.67. The highest BCUT2D eigenvalue weighted by Crippen LogP contribution is 2.30. The monoisotopic (exact) mass is 291 g/mol. The highest BCUT2D eigenvalue weighted by atomic mass is 16.6. The number of amides is 3. The summed E-state index contributed by atoms with van der Waals surface area (Å²) >= 11 is 0. The van der Waals surface area contributed by atoms with Crippen molar-refractivity contribution >= 4 is 17.6 Å². The van der Waals surface area contributed by atoms with Gasteiger partial charge >= 0.3 is 6.03 Å². The first kappa shape index (κ1) is 15.0. The van der Waals surface area contributed by atoms with E-state index < -0.39 is 16.5 Å². The molecular weight excluding hydrogens is 274 g/mol. The first-order valence-corrected chi connectivity index (χ1v) is 6.79. The first-order chi connectivity index (χ1) is 9.90.